The number of hydrogen-bond donors (Lipinski definition) is 2. The first-order valence-electron chi connectivity index (χ1n) is 8.26. The molecule has 1 atom stereocenters. The number of para-hydroxylation sites is 1. The van der Waals surface area contributed by atoms with Crippen molar-refractivity contribution in [1.82, 2.24) is 9.88 Å². The molecular formula is C18H21F3N2O3. The van der Waals surface area contributed by atoms with E-state index in [9.17, 15) is 23.1 Å². The van der Waals surface area contributed by atoms with Crippen LogP contribution in [0.4, 0.5) is 18.0 Å². The summed E-state index contributed by atoms with van der Waals surface area (Å²) in [6, 6.07) is 4.02. The summed E-state index contributed by atoms with van der Waals surface area (Å²) in [5.41, 5.74) is -2.01. The van der Waals surface area contributed by atoms with Crippen molar-refractivity contribution in [1.29, 1.82) is 0 Å². The van der Waals surface area contributed by atoms with Gasteiger partial charge in [-0.2, -0.15) is 13.2 Å². The summed E-state index contributed by atoms with van der Waals surface area (Å²) in [6.45, 7) is 6.52. The largest absolute Gasteiger partial charge is 0.438 e. The summed E-state index contributed by atoms with van der Waals surface area (Å²) in [6.07, 6.45) is -4.82. The standard InChI is InChI=1S/C18H21F3N2O3/c1-10-11(8-9-23-15(24)26-16(2,3)17(23,4)25)12-6-5-7-13(14(12)22-10)18(19,20)21/h5-7,22,25H,8-9H2,1-4H3. The monoisotopic (exact) mass is 370 g/mol. The third-order valence-electron chi connectivity index (χ3n) is 5.27. The fourth-order valence-electron chi connectivity index (χ4n) is 3.37. The number of halogens is 3. The van der Waals surface area contributed by atoms with Crippen LogP contribution in [0.2, 0.25) is 0 Å². The van der Waals surface area contributed by atoms with Gasteiger partial charge in [0.25, 0.3) is 0 Å². The molecule has 1 unspecified atom stereocenters. The lowest BCUT2D eigenvalue weighted by molar-refractivity contribution is -0.136. The second-order valence-corrected chi connectivity index (χ2v) is 7.26. The number of ether oxygens (including phenoxy) is 1. The van der Waals surface area contributed by atoms with Gasteiger partial charge < -0.3 is 14.8 Å². The van der Waals surface area contributed by atoms with Gasteiger partial charge in [0, 0.05) is 17.6 Å². The molecular weight excluding hydrogens is 349 g/mol. The van der Waals surface area contributed by atoms with Gasteiger partial charge >= 0.3 is 12.3 Å². The maximum atomic E-state index is 13.2. The Balaban J connectivity index is 1.94. The quantitative estimate of drug-likeness (QED) is 0.859. The van der Waals surface area contributed by atoms with E-state index in [1.807, 2.05) is 0 Å². The van der Waals surface area contributed by atoms with Crippen molar-refractivity contribution < 1.29 is 27.8 Å². The molecule has 1 aliphatic heterocycles. The fraction of sp³-hybridized carbons (Fsp3) is 0.500. The predicted octanol–water partition coefficient (Wildman–Crippen LogP) is 3.98. The molecule has 142 valence electrons. The average molecular weight is 370 g/mol. The van der Waals surface area contributed by atoms with Crippen LogP contribution in [0.1, 0.15) is 37.6 Å². The molecule has 0 bridgehead atoms. The SMILES string of the molecule is Cc1[nH]c2c(C(F)(F)F)cccc2c1CCN1C(=O)OC(C)(C)C1(C)O. The molecule has 0 radical (unpaired) electrons. The Morgan fingerprint density at radius 3 is 2.46 bits per heavy atom. The molecule has 1 aliphatic rings. The Labute approximate surface area is 148 Å². The molecule has 1 fully saturated rings. The van der Waals surface area contributed by atoms with Crippen LogP contribution >= 0.6 is 0 Å². The number of alkyl halides is 3. The first-order chi connectivity index (χ1) is 11.9. The van der Waals surface area contributed by atoms with Crippen molar-refractivity contribution in [2.45, 2.75) is 51.6 Å². The molecule has 0 saturated carbocycles. The van der Waals surface area contributed by atoms with Gasteiger partial charge in [0.15, 0.2) is 11.3 Å². The summed E-state index contributed by atoms with van der Waals surface area (Å²) in [4.78, 5) is 16.1. The van der Waals surface area contributed by atoms with Gasteiger partial charge in [0.05, 0.1) is 11.1 Å². The molecule has 1 aromatic carbocycles. The van der Waals surface area contributed by atoms with Crippen LogP contribution < -0.4 is 0 Å². The number of aromatic amines is 1. The van der Waals surface area contributed by atoms with Crippen molar-refractivity contribution in [2.75, 3.05) is 6.54 Å². The lowest BCUT2D eigenvalue weighted by Crippen LogP contribution is -2.54. The number of rotatable bonds is 3. The summed E-state index contributed by atoms with van der Waals surface area (Å²) >= 11 is 0. The molecule has 1 aromatic heterocycles. The van der Waals surface area contributed by atoms with Crippen LogP contribution in [0, 0.1) is 6.92 Å². The van der Waals surface area contributed by atoms with E-state index in [4.69, 9.17) is 4.74 Å². The van der Waals surface area contributed by atoms with Gasteiger partial charge in [-0.25, -0.2) is 4.79 Å². The zero-order chi connectivity index (χ0) is 19.5. The Kier molecular flexibility index (Phi) is 4.03. The first-order valence-corrected chi connectivity index (χ1v) is 8.26. The number of aryl methyl sites for hydroxylation is 1. The van der Waals surface area contributed by atoms with Crippen LogP contribution in [0.5, 0.6) is 0 Å². The minimum Gasteiger partial charge on any atom is -0.438 e. The van der Waals surface area contributed by atoms with Crippen molar-refractivity contribution in [3.8, 4) is 0 Å². The number of nitrogens with one attached hydrogen (secondary N) is 1. The number of hydrogen-bond acceptors (Lipinski definition) is 3. The summed E-state index contributed by atoms with van der Waals surface area (Å²) in [5.74, 6) is 0. The van der Waals surface area contributed by atoms with Crippen molar-refractivity contribution in [2.24, 2.45) is 0 Å². The number of carbonyl (C=O) groups is 1. The highest BCUT2D eigenvalue weighted by Gasteiger charge is 2.56. The molecule has 2 heterocycles. The smallest absolute Gasteiger partial charge is 0.418 e. The van der Waals surface area contributed by atoms with Crippen molar-refractivity contribution in [3.63, 3.8) is 0 Å². The number of carbonyl (C=O) groups excluding carboxylic acids is 1. The highest BCUT2D eigenvalue weighted by Crippen LogP contribution is 2.38. The second kappa shape index (κ2) is 5.64. The lowest BCUT2D eigenvalue weighted by atomic mass is 9.95. The molecule has 1 amide bonds. The molecule has 3 rings (SSSR count). The molecule has 5 nitrogen and oxygen atoms in total. The minimum absolute atomic E-state index is 0.0311. The molecule has 8 heteroatoms. The zero-order valence-corrected chi connectivity index (χ0v) is 15.0. The Bertz CT molecular complexity index is 868. The van der Waals surface area contributed by atoms with Crippen LogP contribution in [0.25, 0.3) is 10.9 Å². The number of H-pyrrole nitrogens is 1. The van der Waals surface area contributed by atoms with Crippen LogP contribution in [0.15, 0.2) is 18.2 Å². The number of cyclic esters (lactones) is 1. The number of fused-ring (bicyclic) bond motifs is 1. The normalized spacial score (nSPS) is 22.9. The number of benzene rings is 1. The summed E-state index contributed by atoms with van der Waals surface area (Å²) in [7, 11) is 0. The average Bonchev–Trinajstić information content (AvgIpc) is 2.87. The fourth-order valence-corrected chi connectivity index (χ4v) is 3.37. The zero-order valence-electron chi connectivity index (χ0n) is 15.0. The Morgan fingerprint density at radius 1 is 1.27 bits per heavy atom. The van der Waals surface area contributed by atoms with E-state index in [1.54, 1.807) is 26.8 Å². The van der Waals surface area contributed by atoms with Gasteiger partial charge in [-0.15, -0.1) is 0 Å². The molecule has 0 aliphatic carbocycles. The lowest BCUT2D eigenvalue weighted by Gasteiger charge is -2.34. The summed E-state index contributed by atoms with van der Waals surface area (Å²) < 4.78 is 44.8. The number of nitrogens with zero attached hydrogens (tertiary/aromatic N) is 1. The second-order valence-electron chi connectivity index (χ2n) is 7.26. The van der Waals surface area contributed by atoms with E-state index in [0.717, 1.165) is 6.07 Å². The Morgan fingerprint density at radius 2 is 1.92 bits per heavy atom. The van der Waals surface area contributed by atoms with Gasteiger partial charge in [0.2, 0.25) is 0 Å². The minimum atomic E-state index is -4.46. The van der Waals surface area contributed by atoms with Crippen LogP contribution in [-0.4, -0.2) is 39.0 Å². The maximum absolute atomic E-state index is 13.2. The van der Waals surface area contributed by atoms with Gasteiger partial charge in [0.1, 0.15) is 0 Å². The van der Waals surface area contributed by atoms with Gasteiger partial charge in [-0.05, 0) is 45.7 Å². The number of aliphatic hydroxyl groups is 1. The molecule has 0 spiro atoms. The van der Waals surface area contributed by atoms with E-state index >= 15 is 0 Å². The first kappa shape index (κ1) is 18.6. The van der Waals surface area contributed by atoms with E-state index in [-0.39, 0.29) is 18.5 Å². The number of aromatic nitrogens is 1. The van der Waals surface area contributed by atoms with E-state index in [1.165, 1.54) is 17.9 Å². The highest BCUT2D eigenvalue weighted by molar-refractivity contribution is 5.88. The third-order valence-corrected chi connectivity index (χ3v) is 5.27. The molecule has 26 heavy (non-hydrogen) atoms. The van der Waals surface area contributed by atoms with E-state index in [2.05, 4.69) is 4.98 Å². The van der Waals surface area contributed by atoms with Crippen LogP contribution in [0.3, 0.4) is 0 Å². The maximum Gasteiger partial charge on any atom is 0.418 e. The number of amides is 1. The van der Waals surface area contributed by atoms with E-state index < -0.39 is 29.2 Å². The topological polar surface area (TPSA) is 65.6 Å². The molecule has 2 aromatic rings. The molecule has 2 N–H and O–H groups in total. The highest BCUT2D eigenvalue weighted by atomic mass is 19.4. The van der Waals surface area contributed by atoms with Crippen molar-refractivity contribution >= 4 is 17.0 Å². The van der Waals surface area contributed by atoms with Gasteiger partial charge in [-0.1, -0.05) is 12.1 Å². The predicted molar refractivity (Wildman–Crippen MR) is 89.6 cm³/mol. The van der Waals surface area contributed by atoms with E-state index in [0.29, 0.717) is 16.6 Å². The Hall–Kier alpha value is -2.22. The summed E-state index contributed by atoms with van der Waals surface area (Å²) in [5, 5.41) is 11.1. The van der Waals surface area contributed by atoms with Gasteiger partial charge in [-0.3, -0.25) is 4.90 Å². The van der Waals surface area contributed by atoms with Crippen LogP contribution in [-0.2, 0) is 17.3 Å². The molecule has 1 saturated heterocycles. The third kappa shape index (κ3) is 2.72. The van der Waals surface area contributed by atoms with Crippen molar-refractivity contribution in [3.05, 3.63) is 35.0 Å².